The molecule has 14 heavy (non-hydrogen) atoms. The molecule has 0 aromatic carbocycles. The molecule has 0 aliphatic heterocycles. The van der Waals surface area contributed by atoms with Crippen LogP contribution in [-0.4, -0.2) is 25.4 Å². The van der Waals surface area contributed by atoms with Crippen molar-refractivity contribution in [2.75, 3.05) is 0 Å². The van der Waals surface area contributed by atoms with E-state index in [9.17, 15) is 0 Å². The molecule has 3 heteroatoms. The molecule has 0 unspecified atom stereocenters. The molecular formula is C11H12ClNTe. The summed E-state index contributed by atoms with van der Waals surface area (Å²) < 4.78 is 3.74. The van der Waals surface area contributed by atoms with Crippen molar-refractivity contribution in [1.82, 2.24) is 4.98 Å². The maximum atomic E-state index is 6.00. The SMILES string of the molecule is CC(C)(C)c1cc(Cl)nc2cc[te]c12. The predicted molar refractivity (Wildman–Crippen MR) is 62.4 cm³/mol. The molecule has 0 spiro atoms. The van der Waals surface area contributed by atoms with E-state index in [0.29, 0.717) is 5.15 Å². The van der Waals surface area contributed by atoms with E-state index in [0.717, 1.165) is 5.52 Å². The van der Waals surface area contributed by atoms with Crippen molar-refractivity contribution in [3.8, 4) is 0 Å². The zero-order valence-corrected chi connectivity index (χ0v) is 11.6. The van der Waals surface area contributed by atoms with Gasteiger partial charge < -0.3 is 0 Å². The number of rotatable bonds is 0. The average molecular weight is 321 g/mol. The van der Waals surface area contributed by atoms with Gasteiger partial charge in [0.25, 0.3) is 0 Å². The van der Waals surface area contributed by atoms with Gasteiger partial charge in [-0.3, -0.25) is 0 Å². The number of hydrogen-bond acceptors (Lipinski definition) is 1. The fraction of sp³-hybridized carbons (Fsp3) is 0.364. The second-order valence-corrected chi connectivity index (χ2v) is 7.38. The Bertz CT molecular complexity index is 468. The molecule has 74 valence electrons. The van der Waals surface area contributed by atoms with Crippen LogP contribution in [0.15, 0.2) is 16.2 Å². The molecule has 2 heterocycles. The fourth-order valence-electron chi connectivity index (χ4n) is 1.48. The van der Waals surface area contributed by atoms with Crippen LogP contribution < -0.4 is 0 Å². The average Bonchev–Trinajstić information content (AvgIpc) is 2.47. The van der Waals surface area contributed by atoms with E-state index < -0.39 is 0 Å². The van der Waals surface area contributed by atoms with Crippen LogP contribution in [0.1, 0.15) is 26.3 Å². The van der Waals surface area contributed by atoms with Gasteiger partial charge >= 0.3 is 99.1 Å². The zero-order chi connectivity index (χ0) is 10.3. The molecule has 2 aromatic heterocycles. The summed E-state index contributed by atoms with van der Waals surface area (Å²) in [4.78, 5) is 4.34. The molecule has 0 aliphatic carbocycles. The first-order chi connectivity index (χ1) is 6.48. The van der Waals surface area contributed by atoms with Crippen molar-refractivity contribution in [2.24, 2.45) is 0 Å². The molecule has 1 nitrogen and oxygen atoms in total. The summed E-state index contributed by atoms with van der Waals surface area (Å²) in [6.07, 6.45) is 0. The fourth-order valence-corrected chi connectivity index (χ4v) is 4.71. The van der Waals surface area contributed by atoms with Gasteiger partial charge in [-0.2, -0.15) is 0 Å². The van der Waals surface area contributed by atoms with E-state index >= 15 is 0 Å². The predicted octanol–water partition coefficient (Wildman–Crippen LogP) is 3.24. The first kappa shape index (κ1) is 10.5. The molecule has 2 rings (SSSR count). The molecule has 0 saturated carbocycles. The Morgan fingerprint density at radius 1 is 1.36 bits per heavy atom. The second-order valence-electron chi connectivity index (χ2n) is 4.38. The van der Waals surface area contributed by atoms with E-state index in [1.165, 1.54) is 8.97 Å². The van der Waals surface area contributed by atoms with E-state index in [1.54, 1.807) is 0 Å². The standard InChI is InChI=1S/C11H12ClNTe/c1-11(2,3)7-6-9(12)13-8-4-5-14-10(7)8/h4-6H,1-3H3. The molecule has 2 aromatic rings. The molecule has 0 fully saturated rings. The summed E-state index contributed by atoms with van der Waals surface area (Å²) in [6.45, 7) is 6.68. The summed E-state index contributed by atoms with van der Waals surface area (Å²) in [5.41, 5.74) is 2.65. The van der Waals surface area contributed by atoms with Crippen molar-refractivity contribution in [1.29, 1.82) is 0 Å². The third-order valence-electron chi connectivity index (χ3n) is 2.19. The Morgan fingerprint density at radius 3 is 2.71 bits per heavy atom. The summed E-state index contributed by atoms with van der Waals surface area (Å²) in [5, 5.41) is 0.618. The van der Waals surface area contributed by atoms with Crippen LogP contribution in [0.3, 0.4) is 0 Å². The van der Waals surface area contributed by atoms with Crippen LogP contribution in [0.4, 0.5) is 0 Å². The number of pyridine rings is 1. The van der Waals surface area contributed by atoms with Crippen molar-refractivity contribution in [2.45, 2.75) is 26.2 Å². The molecule has 0 N–H and O–H groups in total. The summed E-state index contributed by atoms with van der Waals surface area (Å²) in [5.74, 6) is 0. The second kappa shape index (κ2) is 3.52. The third kappa shape index (κ3) is 1.84. The van der Waals surface area contributed by atoms with Crippen LogP contribution in [0, 0.1) is 0 Å². The van der Waals surface area contributed by atoms with Gasteiger partial charge in [-0.25, -0.2) is 0 Å². The van der Waals surface area contributed by atoms with Crippen LogP contribution >= 0.6 is 11.6 Å². The number of nitrogens with zero attached hydrogens (tertiary/aromatic N) is 1. The van der Waals surface area contributed by atoms with Gasteiger partial charge in [0.05, 0.1) is 0 Å². The summed E-state index contributed by atoms with van der Waals surface area (Å²) in [6, 6.07) is 4.14. The minimum absolute atomic E-state index is 0.156. The number of hydrogen-bond donors (Lipinski definition) is 0. The van der Waals surface area contributed by atoms with E-state index in [1.807, 2.05) is 6.07 Å². The van der Waals surface area contributed by atoms with Crippen molar-refractivity contribution >= 4 is 41.0 Å². The van der Waals surface area contributed by atoms with Gasteiger partial charge in [-0.15, -0.1) is 0 Å². The normalized spacial score (nSPS) is 12.3. The monoisotopic (exact) mass is 323 g/mol. The molecule has 0 atom stereocenters. The van der Waals surface area contributed by atoms with Gasteiger partial charge in [0.15, 0.2) is 0 Å². The third-order valence-corrected chi connectivity index (χ3v) is 5.06. The van der Waals surface area contributed by atoms with E-state index in [2.05, 4.69) is 35.9 Å². The van der Waals surface area contributed by atoms with E-state index in [-0.39, 0.29) is 25.8 Å². The number of fused-ring (bicyclic) bond motifs is 1. The maximum absolute atomic E-state index is 6.00. The van der Waals surface area contributed by atoms with Crippen LogP contribution in [0.5, 0.6) is 0 Å². The quantitative estimate of drug-likeness (QED) is 0.536. The van der Waals surface area contributed by atoms with Crippen molar-refractivity contribution in [3.05, 3.63) is 26.9 Å². The molecule has 0 aliphatic rings. The van der Waals surface area contributed by atoms with Crippen LogP contribution in [0.25, 0.3) is 8.92 Å². The van der Waals surface area contributed by atoms with Gasteiger partial charge in [0.1, 0.15) is 0 Å². The Kier molecular flexibility index (Phi) is 2.64. The minimum atomic E-state index is -0.156. The van der Waals surface area contributed by atoms with Gasteiger partial charge in [0, 0.05) is 0 Å². The molecule has 0 radical (unpaired) electrons. The Hall–Kier alpha value is -0.0304. The first-order valence-electron chi connectivity index (χ1n) is 4.53. The Labute approximate surface area is 98.7 Å². The van der Waals surface area contributed by atoms with Crippen LogP contribution in [-0.2, 0) is 5.41 Å². The number of aromatic nitrogens is 1. The van der Waals surface area contributed by atoms with Crippen molar-refractivity contribution in [3.63, 3.8) is 0 Å². The molecule has 0 bridgehead atoms. The van der Waals surface area contributed by atoms with E-state index in [4.69, 9.17) is 11.6 Å². The molecule has 0 amide bonds. The van der Waals surface area contributed by atoms with Gasteiger partial charge in [0.2, 0.25) is 0 Å². The van der Waals surface area contributed by atoms with Crippen LogP contribution in [0.2, 0.25) is 5.15 Å². The van der Waals surface area contributed by atoms with Gasteiger partial charge in [-0.05, 0) is 0 Å². The topological polar surface area (TPSA) is 12.9 Å². The summed E-state index contributed by atoms with van der Waals surface area (Å²) >= 11 is 5.85. The first-order valence-corrected chi connectivity index (χ1v) is 7.41. The number of halogens is 1. The van der Waals surface area contributed by atoms with Crippen molar-refractivity contribution < 1.29 is 0 Å². The molecule has 0 saturated heterocycles. The zero-order valence-electron chi connectivity index (χ0n) is 8.47. The summed E-state index contributed by atoms with van der Waals surface area (Å²) in [7, 11) is 0. The Balaban J connectivity index is 2.80. The molecular weight excluding hydrogens is 309 g/mol. The Morgan fingerprint density at radius 2 is 2.07 bits per heavy atom. The van der Waals surface area contributed by atoms with Gasteiger partial charge in [-0.1, -0.05) is 0 Å².